The van der Waals surface area contributed by atoms with Crippen LogP contribution in [-0.4, -0.2) is 96.7 Å². The Balaban J connectivity index is 5.15. The summed E-state index contributed by atoms with van der Waals surface area (Å²) in [5.41, 5.74) is 0. The van der Waals surface area contributed by atoms with Crippen LogP contribution < -0.4 is 0 Å². The fourth-order valence-corrected chi connectivity index (χ4v) is 13.3. The number of unbranched alkanes of at least 4 members (excludes halogenated alkanes) is 51. The number of phosphoric ester groups is 2. The number of hydrogen-bond acceptors (Lipinski definition) is 15. The van der Waals surface area contributed by atoms with Crippen LogP contribution in [-0.2, 0) is 65.4 Å². The molecule has 3 N–H and O–H groups in total. The van der Waals surface area contributed by atoms with E-state index in [1.54, 1.807) is 0 Å². The lowest BCUT2D eigenvalue weighted by atomic mass is 10.0. The number of phosphoric acid groups is 2. The third kappa shape index (κ3) is 70.3. The number of carbonyl (C=O) groups excluding carboxylic acids is 4. The summed E-state index contributed by atoms with van der Waals surface area (Å²) < 4.78 is 68.4. The maximum atomic E-state index is 13.1. The van der Waals surface area contributed by atoms with Crippen molar-refractivity contribution in [2.75, 3.05) is 39.6 Å². The Kier molecular flexibility index (Phi) is 69.1. The van der Waals surface area contributed by atoms with Crippen LogP contribution >= 0.6 is 15.6 Å². The van der Waals surface area contributed by atoms with Crippen molar-refractivity contribution >= 4 is 39.5 Å². The second-order valence-electron chi connectivity index (χ2n) is 27.4. The zero-order valence-electron chi connectivity index (χ0n) is 61.6. The van der Waals surface area contributed by atoms with Crippen LogP contribution in [0.4, 0.5) is 0 Å². The molecule has 95 heavy (non-hydrogen) atoms. The number of esters is 4. The lowest BCUT2D eigenvalue weighted by Crippen LogP contribution is -2.30. The van der Waals surface area contributed by atoms with Gasteiger partial charge in [-0.2, -0.15) is 0 Å². The van der Waals surface area contributed by atoms with E-state index in [4.69, 9.17) is 37.0 Å². The Morgan fingerprint density at radius 2 is 0.421 bits per heavy atom. The Labute approximate surface area is 581 Å². The summed E-state index contributed by atoms with van der Waals surface area (Å²) in [5, 5.41) is 10.6. The van der Waals surface area contributed by atoms with Crippen LogP contribution in [0.25, 0.3) is 0 Å². The molecule has 2 unspecified atom stereocenters. The van der Waals surface area contributed by atoms with E-state index in [9.17, 15) is 43.2 Å². The molecule has 0 aromatic carbocycles. The predicted molar refractivity (Wildman–Crippen MR) is 386 cm³/mol. The van der Waals surface area contributed by atoms with E-state index in [2.05, 4.69) is 27.7 Å². The van der Waals surface area contributed by atoms with Crippen molar-refractivity contribution in [2.45, 2.75) is 425 Å². The minimum Gasteiger partial charge on any atom is -0.462 e. The average Bonchev–Trinajstić information content (AvgIpc) is 1.87. The highest BCUT2D eigenvalue weighted by molar-refractivity contribution is 7.47. The largest absolute Gasteiger partial charge is 0.472 e. The summed E-state index contributed by atoms with van der Waals surface area (Å²) in [4.78, 5) is 72.7. The Morgan fingerprint density at radius 1 is 0.253 bits per heavy atom. The SMILES string of the molecule is CCCCCCCCCCCCCCCCCCCCCCCCC(=O)O[C@H](COC(=O)CCCCCCCCCCCCCCCC)COP(=O)(O)OC[C@@H](O)COP(=O)(O)OC[C@@H](COC(=O)CCCCCCCCCC)OC(=O)CCCCCCCCCCCCC. The summed E-state index contributed by atoms with van der Waals surface area (Å²) in [6, 6.07) is 0. The number of hydrogen-bond donors (Lipinski definition) is 3. The van der Waals surface area contributed by atoms with Crippen molar-refractivity contribution in [3.63, 3.8) is 0 Å². The van der Waals surface area contributed by atoms with E-state index < -0.39 is 97.5 Å². The first-order valence-corrected chi connectivity index (χ1v) is 42.8. The quantitative estimate of drug-likeness (QED) is 0.0222. The van der Waals surface area contributed by atoms with Gasteiger partial charge in [-0.1, -0.05) is 355 Å². The van der Waals surface area contributed by atoms with Crippen molar-refractivity contribution in [1.82, 2.24) is 0 Å². The van der Waals surface area contributed by atoms with Crippen LogP contribution in [0.1, 0.15) is 407 Å². The molecule has 564 valence electrons. The van der Waals surface area contributed by atoms with Gasteiger partial charge in [-0.25, -0.2) is 9.13 Å². The molecule has 0 spiro atoms. The first kappa shape index (κ1) is 93.1. The topological polar surface area (TPSA) is 237 Å². The summed E-state index contributed by atoms with van der Waals surface area (Å²) in [7, 11) is -9.90. The van der Waals surface area contributed by atoms with Crippen molar-refractivity contribution in [1.29, 1.82) is 0 Å². The minimum atomic E-state index is -4.95. The zero-order chi connectivity index (χ0) is 69.7. The fourth-order valence-electron chi connectivity index (χ4n) is 11.8. The monoisotopic (exact) mass is 1400 g/mol. The van der Waals surface area contributed by atoms with E-state index in [1.807, 2.05) is 0 Å². The van der Waals surface area contributed by atoms with Gasteiger partial charge in [0.25, 0.3) is 0 Å². The molecule has 0 saturated heterocycles. The van der Waals surface area contributed by atoms with E-state index in [-0.39, 0.29) is 25.7 Å². The second-order valence-corrected chi connectivity index (χ2v) is 30.3. The molecule has 0 aliphatic rings. The maximum Gasteiger partial charge on any atom is 0.472 e. The molecule has 0 heterocycles. The number of ether oxygens (including phenoxy) is 4. The standard InChI is InChI=1S/C76H148O17P2/c1-5-9-13-17-21-25-28-30-32-33-34-35-36-37-38-39-41-44-47-51-55-59-63-76(81)93-72(67-87-74(79)61-57-53-49-45-43-40-31-29-26-22-18-14-10-6-2)69-91-95(84,85)89-65-70(77)64-88-94(82,83)90-68-71(66-86-73(78)60-56-52-48-24-20-16-12-8-4)92-75(80)62-58-54-50-46-42-27-23-19-15-11-7-3/h70-72,77H,5-69H2,1-4H3,(H,82,83)(H,84,85)/t70-,71+,72+/m0/s1. The normalized spacial score (nSPS) is 13.9. The highest BCUT2D eigenvalue weighted by Gasteiger charge is 2.30. The molecule has 0 radical (unpaired) electrons. The molecular formula is C76H148O17P2. The number of aliphatic hydroxyl groups excluding tert-OH is 1. The second kappa shape index (κ2) is 70.5. The van der Waals surface area contributed by atoms with E-state index >= 15 is 0 Å². The molecule has 0 saturated carbocycles. The highest BCUT2D eigenvalue weighted by atomic mass is 31.2. The van der Waals surface area contributed by atoms with Crippen molar-refractivity contribution in [2.24, 2.45) is 0 Å². The van der Waals surface area contributed by atoms with Crippen molar-refractivity contribution in [3.05, 3.63) is 0 Å². The van der Waals surface area contributed by atoms with Gasteiger partial charge in [-0.15, -0.1) is 0 Å². The molecule has 19 heteroatoms. The molecule has 0 aromatic heterocycles. The molecule has 0 aromatic rings. The molecule has 17 nitrogen and oxygen atoms in total. The van der Waals surface area contributed by atoms with Crippen molar-refractivity contribution < 1.29 is 80.2 Å². The average molecular weight is 1400 g/mol. The first-order valence-electron chi connectivity index (χ1n) is 39.8. The van der Waals surface area contributed by atoms with Crippen LogP contribution in [0.15, 0.2) is 0 Å². The number of rotatable bonds is 77. The lowest BCUT2D eigenvalue weighted by molar-refractivity contribution is -0.161. The van der Waals surface area contributed by atoms with E-state index in [0.717, 1.165) is 96.3 Å². The molecule has 0 fully saturated rings. The summed E-state index contributed by atoms with van der Waals surface area (Å²) in [5.74, 6) is -2.12. The summed E-state index contributed by atoms with van der Waals surface area (Å²) in [6.45, 7) is 4.95. The van der Waals surface area contributed by atoms with Crippen molar-refractivity contribution in [3.8, 4) is 0 Å². The number of aliphatic hydroxyl groups is 1. The molecule has 5 atom stereocenters. The van der Waals surface area contributed by atoms with Gasteiger partial charge in [-0.05, 0) is 25.7 Å². The Morgan fingerprint density at radius 3 is 0.621 bits per heavy atom. The van der Waals surface area contributed by atoms with Gasteiger partial charge >= 0.3 is 39.5 Å². The molecule has 0 amide bonds. The number of carbonyl (C=O) groups is 4. The van der Waals surface area contributed by atoms with Gasteiger partial charge < -0.3 is 33.8 Å². The Bertz CT molecular complexity index is 1810. The van der Waals surface area contributed by atoms with Gasteiger partial charge in [0.05, 0.1) is 26.4 Å². The molecule has 0 aliphatic carbocycles. The third-order valence-electron chi connectivity index (χ3n) is 17.9. The van der Waals surface area contributed by atoms with Gasteiger partial charge in [0, 0.05) is 25.7 Å². The smallest absolute Gasteiger partial charge is 0.462 e. The first-order chi connectivity index (χ1) is 46.2. The zero-order valence-corrected chi connectivity index (χ0v) is 63.4. The van der Waals surface area contributed by atoms with E-state index in [0.29, 0.717) is 25.7 Å². The third-order valence-corrected chi connectivity index (χ3v) is 19.8. The maximum absolute atomic E-state index is 13.1. The fraction of sp³-hybridized carbons (Fsp3) is 0.947. The predicted octanol–water partition coefficient (Wildman–Crippen LogP) is 22.6. The van der Waals surface area contributed by atoms with Gasteiger partial charge in [0.1, 0.15) is 19.3 Å². The molecular weight excluding hydrogens is 1250 g/mol. The molecule has 0 aliphatic heterocycles. The van der Waals surface area contributed by atoms with Crippen LogP contribution in [0.2, 0.25) is 0 Å². The summed E-state index contributed by atoms with van der Waals surface area (Å²) >= 11 is 0. The van der Waals surface area contributed by atoms with Gasteiger partial charge in [0.2, 0.25) is 0 Å². The highest BCUT2D eigenvalue weighted by Crippen LogP contribution is 2.45. The molecule has 0 rings (SSSR count). The van der Waals surface area contributed by atoms with Crippen LogP contribution in [0, 0.1) is 0 Å². The van der Waals surface area contributed by atoms with E-state index in [1.165, 1.54) is 231 Å². The van der Waals surface area contributed by atoms with Gasteiger partial charge in [-0.3, -0.25) is 37.3 Å². The summed E-state index contributed by atoms with van der Waals surface area (Å²) in [6.07, 6.45) is 61.2. The minimum absolute atomic E-state index is 0.107. The Hall–Kier alpha value is -1.94. The van der Waals surface area contributed by atoms with Gasteiger partial charge in [0.15, 0.2) is 12.2 Å². The van der Waals surface area contributed by atoms with Crippen LogP contribution in [0.5, 0.6) is 0 Å². The molecule has 0 bridgehead atoms. The lowest BCUT2D eigenvalue weighted by Gasteiger charge is -2.21. The van der Waals surface area contributed by atoms with Crippen LogP contribution in [0.3, 0.4) is 0 Å².